The Morgan fingerprint density at radius 1 is 1.50 bits per heavy atom. The normalized spacial score (nSPS) is 28.2. The van der Waals surface area contributed by atoms with Gasteiger partial charge in [0.15, 0.2) is 0 Å². The van der Waals surface area contributed by atoms with Crippen LogP contribution in [0.4, 0.5) is 0 Å². The number of methoxy groups -OCH3 is 1. The molecular formula is C10H22N2O3S. The second-order valence-corrected chi connectivity index (χ2v) is 6.23. The highest BCUT2D eigenvalue weighted by molar-refractivity contribution is 7.90. The van der Waals surface area contributed by atoms with Crippen LogP contribution in [0.25, 0.3) is 0 Å². The molecule has 0 spiro atoms. The van der Waals surface area contributed by atoms with Crippen molar-refractivity contribution in [2.75, 3.05) is 13.7 Å². The Morgan fingerprint density at radius 2 is 2.19 bits per heavy atom. The zero-order valence-electron chi connectivity index (χ0n) is 9.98. The third kappa shape index (κ3) is 3.16. The van der Waals surface area contributed by atoms with Gasteiger partial charge >= 0.3 is 0 Å². The fourth-order valence-electron chi connectivity index (χ4n) is 2.16. The maximum atomic E-state index is 12.0. The van der Waals surface area contributed by atoms with E-state index in [1.807, 2.05) is 6.92 Å². The fourth-order valence-corrected chi connectivity index (χ4v) is 3.74. The number of nitrogens with one attached hydrogen (secondary N) is 1. The molecule has 1 rings (SSSR count). The highest BCUT2D eigenvalue weighted by Crippen LogP contribution is 2.22. The van der Waals surface area contributed by atoms with Crippen molar-refractivity contribution in [2.24, 2.45) is 5.73 Å². The minimum absolute atomic E-state index is 0.00468. The van der Waals surface area contributed by atoms with E-state index in [4.69, 9.17) is 10.5 Å². The first-order chi connectivity index (χ1) is 7.55. The van der Waals surface area contributed by atoms with E-state index in [-0.39, 0.29) is 18.7 Å². The smallest absolute Gasteiger partial charge is 0.216 e. The number of ether oxygens (including phenoxy) is 1. The number of nitrogens with two attached hydrogens (primary N) is 1. The van der Waals surface area contributed by atoms with Crippen molar-refractivity contribution < 1.29 is 13.2 Å². The topological polar surface area (TPSA) is 81.4 Å². The quantitative estimate of drug-likeness (QED) is 0.706. The summed E-state index contributed by atoms with van der Waals surface area (Å²) in [6, 6.07) is -0.0874. The van der Waals surface area contributed by atoms with Gasteiger partial charge in [-0.15, -0.1) is 0 Å². The van der Waals surface area contributed by atoms with Gasteiger partial charge in [0.1, 0.15) is 0 Å². The van der Waals surface area contributed by atoms with Gasteiger partial charge in [-0.3, -0.25) is 0 Å². The lowest BCUT2D eigenvalue weighted by Gasteiger charge is -2.22. The Morgan fingerprint density at radius 3 is 2.69 bits per heavy atom. The molecule has 0 aromatic heterocycles. The summed E-state index contributed by atoms with van der Waals surface area (Å²) in [4.78, 5) is 0. The third-order valence-electron chi connectivity index (χ3n) is 3.23. The summed E-state index contributed by atoms with van der Waals surface area (Å²) in [6.45, 7) is 2.00. The molecule has 1 saturated carbocycles. The van der Waals surface area contributed by atoms with Crippen LogP contribution in [0.1, 0.15) is 32.6 Å². The van der Waals surface area contributed by atoms with E-state index in [0.29, 0.717) is 6.42 Å². The van der Waals surface area contributed by atoms with Gasteiger partial charge in [-0.25, -0.2) is 13.1 Å². The van der Waals surface area contributed by atoms with Gasteiger partial charge in [-0.1, -0.05) is 6.92 Å². The molecule has 0 aliphatic heterocycles. The highest BCUT2D eigenvalue weighted by atomic mass is 32.2. The second-order valence-electron chi connectivity index (χ2n) is 4.24. The van der Waals surface area contributed by atoms with E-state index in [1.165, 1.54) is 0 Å². The van der Waals surface area contributed by atoms with Crippen molar-refractivity contribution in [2.45, 2.75) is 50.0 Å². The van der Waals surface area contributed by atoms with Gasteiger partial charge < -0.3 is 10.5 Å². The van der Waals surface area contributed by atoms with Gasteiger partial charge in [-0.2, -0.15) is 0 Å². The molecule has 0 aromatic rings. The number of rotatable bonds is 6. The van der Waals surface area contributed by atoms with Crippen molar-refractivity contribution in [1.29, 1.82) is 0 Å². The Bertz CT molecular complexity index is 301. The number of hydrogen-bond acceptors (Lipinski definition) is 4. The first-order valence-electron chi connectivity index (χ1n) is 5.79. The highest BCUT2D eigenvalue weighted by Gasteiger charge is 2.33. The second kappa shape index (κ2) is 5.95. The van der Waals surface area contributed by atoms with E-state index < -0.39 is 15.3 Å². The summed E-state index contributed by atoms with van der Waals surface area (Å²) in [7, 11) is -1.68. The molecule has 16 heavy (non-hydrogen) atoms. The lowest BCUT2D eigenvalue weighted by molar-refractivity contribution is 0.0915. The molecule has 0 aromatic carbocycles. The predicted octanol–water partition coefficient (Wildman–Crippen LogP) is 0.211. The summed E-state index contributed by atoms with van der Waals surface area (Å²) in [6.07, 6.45) is 3.31. The van der Waals surface area contributed by atoms with E-state index in [2.05, 4.69) is 4.72 Å². The molecule has 0 saturated heterocycles. The Balaban J connectivity index is 2.65. The van der Waals surface area contributed by atoms with Gasteiger partial charge in [0, 0.05) is 19.7 Å². The number of hydrogen-bond donors (Lipinski definition) is 2. The average molecular weight is 250 g/mol. The molecule has 3 atom stereocenters. The molecule has 1 aliphatic rings. The minimum Gasteiger partial charge on any atom is -0.380 e. The number of sulfonamides is 1. The van der Waals surface area contributed by atoms with Gasteiger partial charge in [0.05, 0.1) is 11.4 Å². The van der Waals surface area contributed by atoms with Crippen LogP contribution in [0.3, 0.4) is 0 Å². The molecule has 1 fully saturated rings. The Kier molecular flexibility index (Phi) is 5.17. The molecule has 6 heteroatoms. The molecule has 5 nitrogen and oxygen atoms in total. The van der Waals surface area contributed by atoms with E-state index in [0.717, 1.165) is 19.3 Å². The van der Waals surface area contributed by atoms with Crippen LogP contribution in [0.5, 0.6) is 0 Å². The standard InChI is InChI=1S/C10H22N2O3S/c1-3-8(7-11)16(13,14)12-9-5-4-6-10(9)15-2/h8-10,12H,3-7,11H2,1-2H3. The minimum atomic E-state index is -3.30. The molecule has 3 N–H and O–H groups in total. The zero-order valence-corrected chi connectivity index (χ0v) is 10.8. The van der Waals surface area contributed by atoms with Crippen LogP contribution in [-0.4, -0.2) is 39.5 Å². The summed E-state index contributed by atoms with van der Waals surface area (Å²) in [5, 5.41) is -0.495. The van der Waals surface area contributed by atoms with Crippen molar-refractivity contribution >= 4 is 10.0 Å². The molecule has 3 unspecified atom stereocenters. The summed E-state index contributed by atoms with van der Waals surface area (Å²) < 4.78 is 31.9. The molecular weight excluding hydrogens is 228 g/mol. The molecule has 0 heterocycles. The monoisotopic (exact) mass is 250 g/mol. The van der Waals surface area contributed by atoms with E-state index in [1.54, 1.807) is 7.11 Å². The first kappa shape index (κ1) is 13.9. The largest absolute Gasteiger partial charge is 0.380 e. The molecule has 0 radical (unpaired) electrons. The van der Waals surface area contributed by atoms with Crippen molar-refractivity contribution in [3.63, 3.8) is 0 Å². The first-order valence-corrected chi connectivity index (χ1v) is 7.33. The van der Waals surface area contributed by atoms with Crippen LogP contribution < -0.4 is 10.5 Å². The van der Waals surface area contributed by atoms with Crippen LogP contribution in [0.15, 0.2) is 0 Å². The van der Waals surface area contributed by atoms with Gasteiger partial charge in [0.2, 0.25) is 10.0 Å². The third-order valence-corrected chi connectivity index (χ3v) is 5.26. The van der Waals surface area contributed by atoms with Crippen molar-refractivity contribution in [3.05, 3.63) is 0 Å². The summed E-state index contributed by atoms with van der Waals surface area (Å²) >= 11 is 0. The van der Waals surface area contributed by atoms with E-state index in [9.17, 15) is 8.42 Å². The maximum Gasteiger partial charge on any atom is 0.216 e. The van der Waals surface area contributed by atoms with Crippen LogP contribution in [0.2, 0.25) is 0 Å². The van der Waals surface area contributed by atoms with Crippen molar-refractivity contribution in [3.8, 4) is 0 Å². The fraction of sp³-hybridized carbons (Fsp3) is 1.00. The van der Waals surface area contributed by atoms with Crippen LogP contribution >= 0.6 is 0 Å². The van der Waals surface area contributed by atoms with Crippen LogP contribution in [-0.2, 0) is 14.8 Å². The van der Waals surface area contributed by atoms with Crippen LogP contribution in [0, 0.1) is 0 Å². The maximum absolute atomic E-state index is 12.0. The summed E-state index contributed by atoms with van der Waals surface area (Å²) in [5.74, 6) is 0. The SMILES string of the molecule is CCC(CN)S(=O)(=O)NC1CCCC1OC. The molecule has 0 bridgehead atoms. The summed E-state index contributed by atoms with van der Waals surface area (Å²) in [5.41, 5.74) is 5.46. The molecule has 0 amide bonds. The Labute approximate surface area is 97.8 Å². The van der Waals surface area contributed by atoms with Gasteiger partial charge in [0.25, 0.3) is 0 Å². The molecule has 1 aliphatic carbocycles. The average Bonchev–Trinajstić information content (AvgIpc) is 2.65. The lowest BCUT2D eigenvalue weighted by atomic mass is 10.2. The van der Waals surface area contributed by atoms with Crippen molar-refractivity contribution in [1.82, 2.24) is 4.72 Å². The van der Waals surface area contributed by atoms with E-state index >= 15 is 0 Å². The lowest BCUT2D eigenvalue weighted by Crippen LogP contribution is -2.46. The molecule has 96 valence electrons. The zero-order chi connectivity index (χ0) is 12.2. The van der Waals surface area contributed by atoms with Gasteiger partial charge in [-0.05, 0) is 25.7 Å². The predicted molar refractivity (Wildman–Crippen MR) is 63.6 cm³/mol. The Hall–Kier alpha value is -0.170.